The summed E-state index contributed by atoms with van der Waals surface area (Å²) in [4.78, 5) is 39.5. The van der Waals surface area contributed by atoms with Crippen LogP contribution in [0.4, 0.5) is 0 Å². The molecule has 4 heterocycles. The van der Waals surface area contributed by atoms with Crippen LogP contribution in [0.2, 0.25) is 0 Å². The number of aromatic nitrogens is 2. The van der Waals surface area contributed by atoms with Crippen molar-refractivity contribution in [2.75, 3.05) is 7.05 Å². The van der Waals surface area contributed by atoms with Crippen molar-refractivity contribution in [2.24, 2.45) is 0 Å². The number of benzene rings is 3. The molecule has 1 saturated carbocycles. The van der Waals surface area contributed by atoms with Gasteiger partial charge < -0.3 is 19.6 Å². The van der Waals surface area contributed by atoms with Crippen LogP contribution in [0.25, 0.3) is 43.6 Å². The van der Waals surface area contributed by atoms with Crippen molar-refractivity contribution < 1.29 is 19.5 Å². The highest BCUT2D eigenvalue weighted by molar-refractivity contribution is 6.39. The zero-order chi connectivity index (χ0) is 23.8. The average molecular weight is 464 g/mol. The summed E-state index contributed by atoms with van der Waals surface area (Å²) in [6.45, 7) is 0. The third-order valence-electron chi connectivity index (χ3n) is 8.37. The van der Waals surface area contributed by atoms with E-state index in [2.05, 4.69) is 19.8 Å². The smallest absolute Gasteiger partial charge is 0.259 e. The second-order valence-corrected chi connectivity index (χ2v) is 9.87. The molecule has 3 atom stereocenters. The van der Waals surface area contributed by atoms with E-state index in [1.807, 2.05) is 48.5 Å². The van der Waals surface area contributed by atoms with Gasteiger partial charge in [0.25, 0.3) is 17.7 Å². The SMILES string of the molecule is CNC(=O)C1(O)CC2CC1n1c3ccccc3c3c4c(c5c6ccccc6n2c5c31)C(=O)NC4=O. The van der Waals surface area contributed by atoms with E-state index in [1.165, 1.54) is 0 Å². The van der Waals surface area contributed by atoms with Crippen molar-refractivity contribution in [1.82, 2.24) is 19.8 Å². The molecule has 0 radical (unpaired) electrons. The molecule has 2 aliphatic heterocycles. The fraction of sp³-hybridized carbons (Fsp3) is 0.222. The highest BCUT2D eigenvalue weighted by atomic mass is 16.3. The molecule has 1 aliphatic carbocycles. The molecule has 0 saturated heterocycles. The molecule has 0 spiro atoms. The zero-order valence-corrected chi connectivity index (χ0v) is 18.8. The maximum atomic E-state index is 13.2. The van der Waals surface area contributed by atoms with E-state index >= 15 is 0 Å². The first-order valence-corrected chi connectivity index (χ1v) is 11.8. The van der Waals surface area contributed by atoms with Crippen LogP contribution in [0.1, 0.15) is 45.6 Å². The van der Waals surface area contributed by atoms with E-state index in [9.17, 15) is 19.5 Å². The average Bonchev–Trinajstić information content (AvgIpc) is 3.53. The lowest BCUT2D eigenvalue weighted by Gasteiger charge is -2.31. The minimum absolute atomic E-state index is 0.162. The summed E-state index contributed by atoms with van der Waals surface area (Å²) in [6.07, 6.45) is 0.797. The number of likely N-dealkylation sites (N-methyl/N-ethyl adjacent to an activating group) is 1. The van der Waals surface area contributed by atoms with Crippen molar-refractivity contribution in [2.45, 2.75) is 30.5 Å². The fourth-order valence-corrected chi connectivity index (χ4v) is 7.14. The van der Waals surface area contributed by atoms with Crippen molar-refractivity contribution >= 4 is 61.3 Å². The van der Waals surface area contributed by atoms with Crippen LogP contribution in [0.5, 0.6) is 0 Å². The van der Waals surface area contributed by atoms with Crippen LogP contribution in [-0.4, -0.2) is 44.6 Å². The summed E-state index contributed by atoms with van der Waals surface area (Å²) >= 11 is 0. The zero-order valence-electron chi connectivity index (χ0n) is 18.8. The Morgan fingerprint density at radius 3 is 2.09 bits per heavy atom. The quantitative estimate of drug-likeness (QED) is 0.332. The molecule has 2 bridgehead atoms. The van der Waals surface area contributed by atoms with Crippen LogP contribution >= 0.6 is 0 Å². The standard InChI is InChI=1S/C27H20N4O4/c1-28-26(34)27(35)11-12-10-17(27)31-16-9-5-3-7-14(16)19-21-20(24(32)29-25(21)33)18-13-6-2-4-8-15(13)30(12)22(18)23(19)31/h2-9,12,17,35H,10-11H2,1H3,(H,28,34)(H,29,32,33). The van der Waals surface area contributed by atoms with Gasteiger partial charge in [0.1, 0.15) is 0 Å². The molecule has 3 N–H and O–H groups in total. The molecule has 3 aliphatic rings. The second kappa shape index (κ2) is 5.90. The van der Waals surface area contributed by atoms with Crippen LogP contribution in [0.15, 0.2) is 48.5 Å². The van der Waals surface area contributed by atoms with Gasteiger partial charge in [-0.15, -0.1) is 0 Å². The number of carbonyl (C=O) groups excluding carboxylic acids is 3. The topological polar surface area (TPSA) is 105 Å². The number of nitrogens with zero attached hydrogens (tertiary/aromatic N) is 2. The van der Waals surface area contributed by atoms with Gasteiger partial charge in [0.05, 0.1) is 28.2 Å². The van der Waals surface area contributed by atoms with Gasteiger partial charge in [-0.25, -0.2) is 0 Å². The molecule has 3 amide bonds. The lowest BCUT2D eigenvalue weighted by atomic mass is 9.94. The number of aliphatic hydroxyl groups is 1. The molecule has 35 heavy (non-hydrogen) atoms. The highest BCUT2D eigenvalue weighted by Crippen LogP contribution is 2.56. The Hall–Kier alpha value is -4.17. The van der Waals surface area contributed by atoms with Gasteiger partial charge in [0.15, 0.2) is 5.60 Å². The van der Waals surface area contributed by atoms with Crippen LogP contribution in [0.3, 0.4) is 0 Å². The van der Waals surface area contributed by atoms with E-state index in [0.29, 0.717) is 22.9 Å². The van der Waals surface area contributed by atoms with Gasteiger partial charge in [-0.2, -0.15) is 0 Å². The molecule has 1 fully saturated rings. The maximum absolute atomic E-state index is 13.2. The number of carbonyl (C=O) groups is 3. The summed E-state index contributed by atoms with van der Waals surface area (Å²) in [6, 6.07) is 14.9. The molecule has 8 nitrogen and oxygen atoms in total. The number of fused-ring (bicyclic) bond motifs is 13. The lowest BCUT2D eigenvalue weighted by molar-refractivity contribution is -0.142. The minimum Gasteiger partial charge on any atom is -0.378 e. The number of hydrogen-bond donors (Lipinski definition) is 3. The first-order chi connectivity index (χ1) is 17.0. The number of imide groups is 1. The van der Waals surface area contributed by atoms with Crippen molar-refractivity contribution in [3.05, 3.63) is 59.7 Å². The lowest BCUT2D eigenvalue weighted by Crippen LogP contribution is -2.49. The first kappa shape index (κ1) is 19.2. The summed E-state index contributed by atoms with van der Waals surface area (Å²) in [5.41, 5.74) is 2.58. The number of rotatable bonds is 1. The minimum atomic E-state index is -1.62. The Kier molecular flexibility index (Phi) is 3.23. The van der Waals surface area contributed by atoms with Crippen LogP contribution in [0, 0.1) is 0 Å². The molecular weight excluding hydrogens is 444 g/mol. The van der Waals surface area contributed by atoms with Gasteiger partial charge in [0, 0.05) is 52.1 Å². The first-order valence-electron chi connectivity index (χ1n) is 11.8. The molecular formula is C27H20N4O4. The molecule has 2 aromatic heterocycles. The normalized spacial score (nSPS) is 24.6. The molecule has 8 heteroatoms. The van der Waals surface area contributed by atoms with E-state index in [4.69, 9.17) is 0 Å². The summed E-state index contributed by atoms with van der Waals surface area (Å²) < 4.78 is 4.25. The molecule has 5 aromatic rings. The fourth-order valence-electron chi connectivity index (χ4n) is 7.14. The monoisotopic (exact) mass is 464 g/mol. The third kappa shape index (κ3) is 1.95. The second-order valence-electron chi connectivity index (χ2n) is 9.87. The number of amides is 3. The largest absolute Gasteiger partial charge is 0.378 e. The Labute approximate surface area is 198 Å². The third-order valence-corrected chi connectivity index (χ3v) is 8.37. The number of hydrogen-bond acceptors (Lipinski definition) is 4. The predicted molar refractivity (Wildman–Crippen MR) is 131 cm³/mol. The van der Waals surface area contributed by atoms with E-state index in [1.54, 1.807) is 7.05 Å². The Bertz CT molecular complexity index is 1860. The Morgan fingerprint density at radius 1 is 0.943 bits per heavy atom. The van der Waals surface area contributed by atoms with Gasteiger partial charge >= 0.3 is 0 Å². The summed E-state index contributed by atoms with van der Waals surface area (Å²) in [5, 5.41) is 20.2. The van der Waals surface area contributed by atoms with Gasteiger partial charge in [-0.05, 0) is 18.6 Å². The summed E-state index contributed by atoms with van der Waals surface area (Å²) in [5.74, 6) is -1.22. The van der Waals surface area contributed by atoms with E-state index in [-0.39, 0.29) is 18.4 Å². The predicted octanol–water partition coefficient (Wildman–Crippen LogP) is 3.15. The van der Waals surface area contributed by atoms with E-state index in [0.717, 1.165) is 38.2 Å². The molecule has 8 rings (SSSR count). The van der Waals surface area contributed by atoms with Gasteiger partial charge in [0.2, 0.25) is 0 Å². The Balaban J connectivity index is 1.73. The van der Waals surface area contributed by atoms with Crippen molar-refractivity contribution in [3.8, 4) is 0 Å². The van der Waals surface area contributed by atoms with Crippen LogP contribution < -0.4 is 10.6 Å². The van der Waals surface area contributed by atoms with Gasteiger partial charge in [-0.1, -0.05) is 36.4 Å². The number of nitrogens with one attached hydrogen (secondary N) is 2. The molecule has 3 aromatic carbocycles. The Morgan fingerprint density at radius 2 is 1.49 bits per heavy atom. The molecule has 172 valence electrons. The molecule has 3 unspecified atom stereocenters. The van der Waals surface area contributed by atoms with Crippen molar-refractivity contribution in [3.63, 3.8) is 0 Å². The maximum Gasteiger partial charge on any atom is 0.259 e. The van der Waals surface area contributed by atoms with Crippen LogP contribution in [-0.2, 0) is 4.79 Å². The summed E-state index contributed by atoms with van der Waals surface area (Å²) in [7, 11) is 1.54. The van der Waals surface area contributed by atoms with Gasteiger partial charge in [-0.3, -0.25) is 19.7 Å². The number of para-hydroxylation sites is 2. The van der Waals surface area contributed by atoms with Crippen molar-refractivity contribution in [1.29, 1.82) is 0 Å². The highest BCUT2D eigenvalue weighted by Gasteiger charge is 2.55. The van der Waals surface area contributed by atoms with E-state index < -0.39 is 23.5 Å².